The van der Waals surface area contributed by atoms with Gasteiger partial charge >= 0.3 is 0 Å². The van der Waals surface area contributed by atoms with Crippen LogP contribution in [-0.2, 0) is 11.2 Å². The van der Waals surface area contributed by atoms with Gasteiger partial charge in [0, 0.05) is 19.2 Å². The van der Waals surface area contributed by atoms with E-state index in [1.54, 1.807) is 14.2 Å². The molecule has 1 aromatic carbocycles. The van der Waals surface area contributed by atoms with Crippen LogP contribution in [0.5, 0.6) is 5.75 Å². The maximum atomic E-state index is 5.80. The largest absolute Gasteiger partial charge is 0.496 e. The first-order chi connectivity index (χ1) is 7.08. The highest BCUT2D eigenvalue weighted by atomic mass is 16.5. The first-order valence-electron chi connectivity index (χ1n) is 5.04. The molecule has 1 atom stereocenters. The zero-order chi connectivity index (χ0) is 11.4. The van der Waals surface area contributed by atoms with Gasteiger partial charge in [0.1, 0.15) is 5.75 Å². The van der Waals surface area contributed by atoms with Gasteiger partial charge in [-0.2, -0.15) is 0 Å². The van der Waals surface area contributed by atoms with Gasteiger partial charge in [-0.05, 0) is 37.1 Å². The number of hydrogen-bond acceptors (Lipinski definition) is 3. The summed E-state index contributed by atoms with van der Waals surface area (Å²) in [5.74, 6) is 0.910. The van der Waals surface area contributed by atoms with Gasteiger partial charge in [0.2, 0.25) is 0 Å². The van der Waals surface area contributed by atoms with Crippen molar-refractivity contribution in [1.82, 2.24) is 0 Å². The Balaban J connectivity index is 3.03. The fourth-order valence-corrected chi connectivity index (χ4v) is 1.71. The quantitative estimate of drug-likeness (QED) is 0.773. The van der Waals surface area contributed by atoms with Crippen molar-refractivity contribution in [3.05, 3.63) is 23.3 Å². The van der Waals surface area contributed by atoms with E-state index in [9.17, 15) is 0 Å². The first-order valence-corrected chi connectivity index (χ1v) is 5.04. The summed E-state index contributed by atoms with van der Waals surface area (Å²) in [5.41, 5.74) is 8.74. The molecule has 2 N–H and O–H groups in total. The van der Waals surface area contributed by atoms with E-state index in [-0.39, 0.29) is 6.10 Å². The van der Waals surface area contributed by atoms with Crippen molar-refractivity contribution in [3.63, 3.8) is 0 Å². The number of nitrogen functional groups attached to an aromatic ring is 1. The Labute approximate surface area is 91.2 Å². The van der Waals surface area contributed by atoms with Crippen LogP contribution in [0.1, 0.15) is 18.1 Å². The molecule has 0 saturated heterocycles. The molecule has 0 fully saturated rings. The summed E-state index contributed by atoms with van der Waals surface area (Å²) in [6.45, 7) is 4.02. The topological polar surface area (TPSA) is 44.5 Å². The smallest absolute Gasteiger partial charge is 0.125 e. The number of rotatable bonds is 4. The highest BCUT2D eigenvalue weighted by molar-refractivity contribution is 5.53. The van der Waals surface area contributed by atoms with E-state index in [4.69, 9.17) is 15.2 Å². The lowest BCUT2D eigenvalue weighted by atomic mass is 10.0. The SMILES string of the molecule is COc1c(C)cc(N)cc1CC(C)OC. The van der Waals surface area contributed by atoms with Crippen molar-refractivity contribution in [1.29, 1.82) is 0 Å². The Kier molecular flexibility index (Phi) is 3.97. The van der Waals surface area contributed by atoms with Gasteiger partial charge in [-0.25, -0.2) is 0 Å². The summed E-state index contributed by atoms with van der Waals surface area (Å²) in [6.07, 6.45) is 0.978. The highest BCUT2D eigenvalue weighted by Crippen LogP contribution is 2.27. The van der Waals surface area contributed by atoms with Crippen molar-refractivity contribution >= 4 is 5.69 Å². The zero-order valence-corrected chi connectivity index (χ0v) is 9.83. The monoisotopic (exact) mass is 209 g/mol. The number of benzene rings is 1. The van der Waals surface area contributed by atoms with Crippen LogP contribution in [0.15, 0.2) is 12.1 Å². The minimum atomic E-state index is 0.167. The maximum absolute atomic E-state index is 5.80. The van der Waals surface area contributed by atoms with Crippen LogP contribution in [0.4, 0.5) is 5.69 Å². The average Bonchev–Trinajstić information content (AvgIpc) is 2.17. The van der Waals surface area contributed by atoms with Crippen molar-refractivity contribution in [2.45, 2.75) is 26.4 Å². The number of ether oxygens (including phenoxy) is 2. The molecular weight excluding hydrogens is 190 g/mol. The molecule has 0 aromatic heterocycles. The highest BCUT2D eigenvalue weighted by Gasteiger charge is 2.10. The summed E-state index contributed by atoms with van der Waals surface area (Å²) in [6, 6.07) is 3.86. The Hall–Kier alpha value is -1.22. The van der Waals surface area contributed by atoms with Gasteiger partial charge in [-0.15, -0.1) is 0 Å². The summed E-state index contributed by atoms with van der Waals surface area (Å²) < 4.78 is 10.6. The lowest BCUT2D eigenvalue weighted by Gasteiger charge is -2.15. The number of methoxy groups -OCH3 is 2. The summed E-state index contributed by atoms with van der Waals surface area (Å²) >= 11 is 0. The number of aryl methyl sites for hydroxylation is 1. The summed E-state index contributed by atoms with van der Waals surface area (Å²) in [4.78, 5) is 0. The van der Waals surface area contributed by atoms with Gasteiger partial charge in [0.15, 0.2) is 0 Å². The van der Waals surface area contributed by atoms with Crippen LogP contribution in [0.3, 0.4) is 0 Å². The minimum Gasteiger partial charge on any atom is -0.496 e. The van der Waals surface area contributed by atoms with E-state index in [1.807, 2.05) is 26.0 Å². The first kappa shape index (κ1) is 11.9. The van der Waals surface area contributed by atoms with Crippen molar-refractivity contribution in [3.8, 4) is 5.75 Å². The summed E-state index contributed by atoms with van der Waals surface area (Å²) in [5, 5.41) is 0. The Morgan fingerprint density at radius 1 is 1.33 bits per heavy atom. The fraction of sp³-hybridized carbons (Fsp3) is 0.500. The van der Waals surface area contributed by atoms with Crippen molar-refractivity contribution in [2.75, 3.05) is 20.0 Å². The van der Waals surface area contributed by atoms with Crippen molar-refractivity contribution < 1.29 is 9.47 Å². The molecule has 1 aromatic rings. The average molecular weight is 209 g/mol. The van der Waals surface area contributed by atoms with Gasteiger partial charge in [0.05, 0.1) is 13.2 Å². The van der Waals surface area contributed by atoms with E-state index in [0.29, 0.717) is 0 Å². The molecule has 0 bridgehead atoms. The lowest BCUT2D eigenvalue weighted by molar-refractivity contribution is 0.118. The molecule has 0 saturated carbocycles. The zero-order valence-electron chi connectivity index (χ0n) is 9.83. The Morgan fingerprint density at radius 2 is 2.00 bits per heavy atom. The molecule has 0 aliphatic carbocycles. The molecular formula is C12H19NO2. The van der Waals surface area contributed by atoms with Gasteiger partial charge < -0.3 is 15.2 Å². The molecule has 0 amide bonds. The van der Waals surface area contributed by atoms with Crippen LogP contribution in [0.25, 0.3) is 0 Å². The molecule has 0 heterocycles. The molecule has 84 valence electrons. The molecule has 1 unspecified atom stereocenters. The second-order valence-corrected chi connectivity index (χ2v) is 3.78. The van der Waals surface area contributed by atoms with Crippen LogP contribution in [0, 0.1) is 6.92 Å². The second kappa shape index (κ2) is 5.03. The molecule has 3 heteroatoms. The van der Waals surface area contributed by atoms with E-state index in [2.05, 4.69) is 0 Å². The Bertz CT molecular complexity index is 337. The fourth-order valence-electron chi connectivity index (χ4n) is 1.71. The molecule has 0 spiro atoms. The molecule has 1 rings (SSSR count). The lowest BCUT2D eigenvalue weighted by Crippen LogP contribution is -2.10. The Morgan fingerprint density at radius 3 is 2.53 bits per heavy atom. The van der Waals surface area contributed by atoms with Crippen LogP contribution in [-0.4, -0.2) is 20.3 Å². The van der Waals surface area contributed by atoms with E-state index >= 15 is 0 Å². The minimum absolute atomic E-state index is 0.167. The van der Waals surface area contributed by atoms with Gasteiger partial charge in [-0.1, -0.05) is 0 Å². The van der Waals surface area contributed by atoms with Gasteiger partial charge in [-0.3, -0.25) is 0 Å². The van der Waals surface area contributed by atoms with Crippen LogP contribution >= 0.6 is 0 Å². The normalized spacial score (nSPS) is 12.5. The predicted octanol–water partition coefficient (Wildman–Crippen LogP) is 2.16. The van der Waals surface area contributed by atoms with Crippen molar-refractivity contribution in [2.24, 2.45) is 0 Å². The standard InChI is InChI=1S/C12H19NO2/c1-8-5-11(13)7-10(12(8)15-4)6-9(2)14-3/h5,7,9H,6,13H2,1-4H3. The van der Waals surface area contributed by atoms with E-state index in [1.165, 1.54) is 0 Å². The summed E-state index contributed by atoms with van der Waals surface area (Å²) in [7, 11) is 3.38. The number of anilines is 1. The molecule has 0 aliphatic heterocycles. The van der Waals surface area contributed by atoms with E-state index < -0.39 is 0 Å². The molecule has 15 heavy (non-hydrogen) atoms. The number of hydrogen-bond donors (Lipinski definition) is 1. The molecule has 3 nitrogen and oxygen atoms in total. The molecule has 0 radical (unpaired) electrons. The third-order valence-corrected chi connectivity index (χ3v) is 2.49. The van der Waals surface area contributed by atoms with E-state index in [0.717, 1.165) is 29.0 Å². The molecule has 0 aliphatic rings. The third-order valence-electron chi connectivity index (χ3n) is 2.49. The maximum Gasteiger partial charge on any atom is 0.125 e. The number of nitrogens with two attached hydrogens (primary N) is 1. The van der Waals surface area contributed by atoms with Crippen LogP contribution in [0.2, 0.25) is 0 Å². The van der Waals surface area contributed by atoms with Crippen LogP contribution < -0.4 is 10.5 Å². The predicted molar refractivity (Wildman–Crippen MR) is 62.3 cm³/mol. The van der Waals surface area contributed by atoms with Gasteiger partial charge in [0.25, 0.3) is 0 Å². The third kappa shape index (κ3) is 2.86. The second-order valence-electron chi connectivity index (χ2n) is 3.78.